The molecule has 1 amide bonds. The number of benzene rings is 2. The van der Waals surface area contributed by atoms with E-state index in [0.29, 0.717) is 48.5 Å². The molecule has 1 saturated heterocycles. The number of aromatic nitrogens is 1. The van der Waals surface area contributed by atoms with Crippen molar-refractivity contribution in [1.82, 2.24) is 9.88 Å². The zero-order valence-corrected chi connectivity index (χ0v) is 22.0. The van der Waals surface area contributed by atoms with Crippen molar-refractivity contribution in [2.75, 3.05) is 38.2 Å². The van der Waals surface area contributed by atoms with Crippen LogP contribution in [0.1, 0.15) is 0 Å². The molecule has 1 aromatic heterocycles. The molecule has 0 radical (unpaired) electrons. The van der Waals surface area contributed by atoms with Gasteiger partial charge < -0.3 is 19.5 Å². The Morgan fingerprint density at radius 3 is 2.42 bits per heavy atom. The number of ether oxygens (including phenoxy) is 1. The third-order valence-corrected chi connectivity index (χ3v) is 8.28. The average Bonchev–Trinajstić information content (AvgIpc) is 3.21. The van der Waals surface area contributed by atoms with Crippen LogP contribution in [0.25, 0.3) is 10.9 Å². The highest BCUT2D eigenvalue weighted by atomic mass is 79.9. The van der Waals surface area contributed by atoms with Crippen molar-refractivity contribution in [3.8, 4) is 5.75 Å². The maximum absolute atomic E-state index is 13.5. The number of fused-ring (bicyclic) bond motifs is 1. The topological polar surface area (TPSA) is 82.7 Å². The number of hydrogen-bond acceptors (Lipinski definition) is 5. The first-order valence-electron chi connectivity index (χ1n) is 9.83. The molecule has 1 fully saturated rings. The number of carbonyl (C=O) groups is 1. The summed E-state index contributed by atoms with van der Waals surface area (Å²) in [6.07, 6.45) is 1.50. The van der Waals surface area contributed by atoms with E-state index in [-0.39, 0.29) is 9.79 Å². The first-order chi connectivity index (χ1) is 15.5. The number of methoxy groups -OCH3 is 1. The summed E-state index contributed by atoms with van der Waals surface area (Å²) in [6.45, 7) is 1.50. The standard InChI is InChI=1S/C21H19BrCl3N3O4S/c1-32-18-5-3-14(33(30,31)19-12-26-16-10-13(22)2-4-15(16)19)11-17(18)27-6-8-28(9-7-27)20(29)21(23,24)25/h2-5,10-12,26H,6-9H2,1H3. The van der Waals surface area contributed by atoms with Gasteiger partial charge in [0.05, 0.1) is 22.6 Å². The van der Waals surface area contributed by atoms with Crippen LogP contribution in [0.3, 0.4) is 0 Å². The number of alkyl halides is 3. The Hall–Kier alpha value is -1.65. The molecule has 0 unspecified atom stereocenters. The number of piperazine rings is 1. The van der Waals surface area contributed by atoms with Gasteiger partial charge in [-0.2, -0.15) is 0 Å². The number of nitrogens with zero attached hydrogens (tertiary/aromatic N) is 2. The van der Waals surface area contributed by atoms with E-state index in [2.05, 4.69) is 20.9 Å². The van der Waals surface area contributed by atoms with Gasteiger partial charge in [0, 0.05) is 47.8 Å². The van der Waals surface area contributed by atoms with E-state index in [9.17, 15) is 13.2 Å². The molecule has 1 aliphatic rings. The number of amides is 1. The minimum atomic E-state index is -3.81. The molecule has 0 atom stereocenters. The Balaban J connectivity index is 1.65. The lowest BCUT2D eigenvalue weighted by Gasteiger charge is -2.37. The third-order valence-electron chi connectivity index (χ3n) is 5.51. The van der Waals surface area contributed by atoms with Gasteiger partial charge in [-0.15, -0.1) is 0 Å². The quantitative estimate of drug-likeness (QED) is 0.439. The van der Waals surface area contributed by atoms with E-state index in [1.54, 1.807) is 24.3 Å². The monoisotopic (exact) mass is 593 g/mol. The van der Waals surface area contributed by atoms with E-state index in [1.807, 2.05) is 11.0 Å². The number of halogens is 4. The van der Waals surface area contributed by atoms with Gasteiger partial charge in [0.25, 0.3) is 9.70 Å². The highest BCUT2D eigenvalue weighted by molar-refractivity contribution is 9.10. The zero-order chi connectivity index (χ0) is 24.0. The SMILES string of the molecule is COc1ccc(S(=O)(=O)c2c[nH]c3cc(Br)ccc23)cc1N1CCN(C(=O)C(Cl)(Cl)Cl)CC1. The van der Waals surface area contributed by atoms with E-state index in [0.717, 1.165) is 4.47 Å². The second-order valence-corrected chi connectivity index (χ2v) is 12.6. The van der Waals surface area contributed by atoms with Gasteiger partial charge in [-0.1, -0.05) is 56.8 Å². The number of carbonyl (C=O) groups excluding carboxylic acids is 1. The molecular formula is C21H19BrCl3N3O4S. The summed E-state index contributed by atoms with van der Waals surface area (Å²) in [6, 6.07) is 10.1. The average molecular weight is 596 g/mol. The van der Waals surface area contributed by atoms with Gasteiger partial charge in [0.15, 0.2) is 0 Å². The highest BCUT2D eigenvalue weighted by Gasteiger charge is 2.37. The fourth-order valence-electron chi connectivity index (χ4n) is 3.83. The summed E-state index contributed by atoms with van der Waals surface area (Å²) < 4.78 is 31.3. The van der Waals surface area contributed by atoms with E-state index >= 15 is 0 Å². The minimum Gasteiger partial charge on any atom is -0.495 e. The van der Waals surface area contributed by atoms with Gasteiger partial charge in [-0.3, -0.25) is 4.79 Å². The Bertz CT molecular complexity index is 1320. The summed E-state index contributed by atoms with van der Waals surface area (Å²) >= 11 is 20.6. The molecule has 176 valence electrons. The summed E-state index contributed by atoms with van der Waals surface area (Å²) in [5.41, 5.74) is 1.33. The van der Waals surface area contributed by atoms with Crippen LogP contribution >= 0.6 is 50.7 Å². The summed E-state index contributed by atoms with van der Waals surface area (Å²) in [7, 11) is -2.29. The maximum Gasteiger partial charge on any atom is 0.274 e. The van der Waals surface area contributed by atoms with Gasteiger partial charge in [0.1, 0.15) is 5.75 Å². The molecule has 2 heterocycles. The predicted molar refractivity (Wildman–Crippen MR) is 134 cm³/mol. The molecule has 0 bridgehead atoms. The molecule has 4 rings (SSSR count). The van der Waals surface area contributed by atoms with Crippen molar-refractivity contribution in [3.63, 3.8) is 0 Å². The molecule has 1 N–H and O–H groups in total. The highest BCUT2D eigenvalue weighted by Crippen LogP contribution is 2.36. The second kappa shape index (κ2) is 9.19. The maximum atomic E-state index is 13.5. The van der Waals surface area contributed by atoms with Crippen molar-refractivity contribution >= 4 is 83.1 Å². The molecular weight excluding hydrogens is 577 g/mol. The van der Waals surface area contributed by atoms with Gasteiger partial charge in [-0.05, 0) is 30.3 Å². The van der Waals surface area contributed by atoms with Crippen LogP contribution in [0.4, 0.5) is 5.69 Å². The molecule has 7 nitrogen and oxygen atoms in total. The predicted octanol–water partition coefficient (Wildman–Crippen LogP) is 4.79. The molecule has 3 aromatic rings. The molecule has 1 aliphatic heterocycles. The lowest BCUT2D eigenvalue weighted by molar-refractivity contribution is -0.130. The molecule has 33 heavy (non-hydrogen) atoms. The number of hydrogen-bond donors (Lipinski definition) is 1. The van der Waals surface area contributed by atoms with Crippen LogP contribution in [0.15, 0.2) is 56.9 Å². The van der Waals surface area contributed by atoms with Crippen molar-refractivity contribution in [2.45, 2.75) is 13.6 Å². The number of aromatic amines is 1. The van der Waals surface area contributed by atoms with Crippen LogP contribution in [-0.2, 0) is 14.6 Å². The lowest BCUT2D eigenvalue weighted by Crippen LogP contribution is -2.51. The van der Waals surface area contributed by atoms with Crippen LogP contribution in [0.5, 0.6) is 5.75 Å². The number of sulfone groups is 1. The van der Waals surface area contributed by atoms with Crippen molar-refractivity contribution in [2.24, 2.45) is 0 Å². The van der Waals surface area contributed by atoms with E-state index < -0.39 is 19.5 Å². The first-order valence-corrected chi connectivity index (χ1v) is 13.2. The fraction of sp³-hybridized carbons (Fsp3) is 0.286. The van der Waals surface area contributed by atoms with Crippen molar-refractivity contribution in [1.29, 1.82) is 0 Å². The summed E-state index contributed by atoms with van der Waals surface area (Å²) in [5.74, 6) is -0.0561. The van der Waals surface area contributed by atoms with Gasteiger partial charge in [0.2, 0.25) is 9.84 Å². The van der Waals surface area contributed by atoms with E-state index in [1.165, 1.54) is 24.3 Å². The third kappa shape index (κ3) is 4.79. The first kappa shape index (κ1) is 24.5. The lowest BCUT2D eigenvalue weighted by atomic mass is 10.2. The normalized spacial score (nSPS) is 15.2. The van der Waals surface area contributed by atoms with Crippen molar-refractivity contribution in [3.05, 3.63) is 47.1 Å². The number of anilines is 1. The van der Waals surface area contributed by atoms with E-state index in [4.69, 9.17) is 39.5 Å². The second-order valence-electron chi connectivity index (χ2n) is 7.46. The van der Waals surface area contributed by atoms with Gasteiger partial charge >= 0.3 is 0 Å². The minimum absolute atomic E-state index is 0.141. The Kier molecular flexibility index (Phi) is 6.81. The Morgan fingerprint density at radius 1 is 1.09 bits per heavy atom. The van der Waals surface area contributed by atoms with Gasteiger partial charge in [-0.25, -0.2) is 8.42 Å². The Morgan fingerprint density at radius 2 is 1.79 bits per heavy atom. The smallest absolute Gasteiger partial charge is 0.274 e. The number of nitrogens with one attached hydrogen (secondary N) is 1. The molecule has 0 spiro atoms. The van der Waals surface area contributed by atoms with Crippen LogP contribution < -0.4 is 9.64 Å². The molecule has 2 aromatic carbocycles. The van der Waals surface area contributed by atoms with Crippen molar-refractivity contribution < 1.29 is 17.9 Å². The fourth-order valence-corrected chi connectivity index (χ4v) is 6.00. The Labute approximate surface area is 214 Å². The summed E-state index contributed by atoms with van der Waals surface area (Å²) in [5, 5.41) is 0.606. The summed E-state index contributed by atoms with van der Waals surface area (Å²) in [4.78, 5) is 19.0. The molecule has 12 heteroatoms. The largest absolute Gasteiger partial charge is 0.495 e. The number of rotatable bonds is 4. The molecule has 0 aliphatic carbocycles. The van der Waals surface area contributed by atoms with Crippen LogP contribution in [0.2, 0.25) is 0 Å². The molecule has 0 saturated carbocycles. The zero-order valence-electron chi connectivity index (χ0n) is 17.3. The number of H-pyrrole nitrogens is 1. The van der Waals surface area contributed by atoms with Crippen LogP contribution in [0, 0.1) is 0 Å². The van der Waals surface area contributed by atoms with Crippen LogP contribution in [-0.4, -0.2) is 61.3 Å².